The number of hydrogen-bond acceptors (Lipinski definition) is 4. The number of carbonyl (C=O) groups excluding carboxylic acids is 1. The maximum atomic E-state index is 13.2. The van der Waals surface area contributed by atoms with Crippen LogP contribution in [0.3, 0.4) is 0 Å². The first-order chi connectivity index (χ1) is 11.5. The lowest BCUT2D eigenvalue weighted by molar-refractivity contribution is 0.0769. The summed E-state index contributed by atoms with van der Waals surface area (Å²) >= 11 is 0. The minimum atomic E-state index is -0.450. The second kappa shape index (κ2) is 6.62. The number of nitrogens with zero attached hydrogens (tertiary/aromatic N) is 3. The third kappa shape index (κ3) is 3.48. The highest BCUT2D eigenvalue weighted by Crippen LogP contribution is 2.17. The minimum absolute atomic E-state index is 0.147. The van der Waals surface area contributed by atoms with Gasteiger partial charge in [-0.05, 0) is 31.2 Å². The van der Waals surface area contributed by atoms with E-state index in [4.69, 9.17) is 4.52 Å². The lowest BCUT2D eigenvalue weighted by Gasteiger charge is -2.14. The Kier molecular flexibility index (Phi) is 4.37. The monoisotopic (exact) mass is 325 g/mol. The van der Waals surface area contributed by atoms with Gasteiger partial charge in [-0.15, -0.1) is 0 Å². The highest BCUT2D eigenvalue weighted by atomic mass is 19.1. The first kappa shape index (κ1) is 15.9. The molecule has 0 N–H and O–H groups in total. The molecule has 6 heteroatoms. The number of amides is 1. The van der Waals surface area contributed by atoms with Crippen molar-refractivity contribution in [2.24, 2.45) is 0 Å². The predicted octanol–water partition coefficient (Wildman–Crippen LogP) is 3.46. The standard InChI is InChI=1S/C18H16FN3O2/c1-12-5-3-6-13(9-12)17-20-16(24-21-17)11-22(2)18(23)14-7-4-8-15(19)10-14/h3-10H,11H2,1-2H3. The summed E-state index contributed by atoms with van der Waals surface area (Å²) in [5.74, 6) is 0.0256. The van der Waals surface area contributed by atoms with E-state index in [1.807, 2.05) is 31.2 Å². The Morgan fingerprint density at radius 1 is 1.21 bits per heavy atom. The molecule has 0 aliphatic carbocycles. The van der Waals surface area contributed by atoms with Gasteiger partial charge < -0.3 is 9.42 Å². The highest BCUT2D eigenvalue weighted by Gasteiger charge is 2.16. The Balaban J connectivity index is 1.73. The zero-order chi connectivity index (χ0) is 17.1. The molecule has 1 aromatic heterocycles. The van der Waals surface area contributed by atoms with Crippen LogP contribution in [-0.2, 0) is 6.54 Å². The van der Waals surface area contributed by atoms with Gasteiger partial charge in [-0.2, -0.15) is 4.98 Å². The second-order valence-electron chi connectivity index (χ2n) is 5.55. The summed E-state index contributed by atoms with van der Waals surface area (Å²) in [4.78, 5) is 18.0. The van der Waals surface area contributed by atoms with Gasteiger partial charge in [-0.3, -0.25) is 4.79 Å². The zero-order valence-electron chi connectivity index (χ0n) is 13.4. The third-order valence-electron chi connectivity index (χ3n) is 3.54. The van der Waals surface area contributed by atoms with Gasteiger partial charge in [-0.1, -0.05) is 35.0 Å². The molecular formula is C18H16FN3O2. The van der Waals surface area contributed by atoms with Gasteiger partial charge >= 0.3 is 0 Å². The normalized spacial score (nSPS) is 10.6. The molecule has 0 spiro atoms. The second-order valence-corrected chi connectivity index (χ2v) is 5.55. The van der Waals surface area contributed by atoms with Crippen LogP contribution in [0.4, 0.5) is 4.39 Å². The van der Waals surface area contributed by atoms with Gasteiger partial charge in [0.25, 0.3) is 5.91 Å². The maximum Gasteiger partial charge on any atom is 0.254 e. The molecule has 0 fully saturated rings. The molecule has 0 bridgehead atoms. The highest BCUT2D eigenvalue weighted by molar-refractivity contribution is 5.93. The lowest BCUT2D eigenvalue weighted by atomic mass is 10.1. The summed E-state index contributed by atoms with van der Waals surface area (Å²) in [5, 5.41) is 3.94. The number of aryl methyl sites for hydroxylation is 1. The van der Waals surface area contributed by atoms with Crippen molar-refractivity contribution < 1.29 is 13.7 Å². The topological polar surface area (TPSA) is 59.2 Å². The van der Waals surface area contributed by atoms with E-state index in [0.717, 1.165) is 11.1 Å². The molecule has 1 heterocycles. The molecular weight excluding hydrogens is 309 g/mol. The fourth-order valence-corrected chi connectivity index (χ4v) is 2.34. The fourth-order valence-electron chi connectivity index (χ4n) is 2.34. The molecule has 0 saturated heterocycles. The van der Waals surface area contributed by atoms with Gasteiger partial charge in [0.2, 0.25) is 11.7 Å². The number of aromatic nitrogens is 2. The molecule has 3 aromatic rings. The van der Waals surface area contributed by atoms with Crippen molar-refractivity contribution in [3.63, 3.8) is 0 Å². The molecule has 24 heavy (non-hydrogen) atoms. The number of rotatable bonds is 4. The van der Waals surface area contributed by atoms with Crippen molar-refractivity contribution in [3.05, 3.63) is 71.4 Å². The van der Waals surface area contributed by atoms with Crippen molar-refractivity contribution >= 4 is 5.91 Å². The van der Waals surface area contributed by atoms with E-state index < -0.39 is 5.82 Å². The van der Waals surface area contributed by atoms with Gasteiger partial charge in [0.1, 0.15) is 5.82 Å². The van der Waals surface area contributed by atoms with E-state index in [2.05, 4.69) is 10.1 Å². The molecule has 0 aliphatic rings. The average Bonchev–Trinajstić information content (AvgIpc) is 3.02. The Morgan fingerprint density at radius 3 is 2.75 bits per heavy atom. The van der Waals surface area contributed by atoms with E-state index in [1.54, 1.807) is 13.1 Å². The van der Waals surface area contributed by atoms with E-state index >= 15 is 0 Å². The van der Waals surface area contributed by atoms with E-state index in [1.165, 1.54) is 23.1 Å². The van der Waals surface area contributed by atoms with Crippen molar-refractivity contribution in [3.8, 4) is 11.4 Å². The van der Waals surface area contributed by atoms with Gasteiger partial charge in [0.15, 0.2) is 0 Å². The maximum absolute atomic E-state index is 13.2. The molecule has 1 amide bonds. The van der Waals surface area contributed by atoms with Gasteiger partial charge in [0, 0.05) is 18.2 Å². The van der Waals surface area contributed by atoms with Crippen LogP contribution in [0.2, 0.25) is 0 Å². The summed E-state index contributed by atoms with van der Waals surface area (Å²) in [7, 11) is 1.60. The molecule has 2 aromatic carbocycles. The number of carbonyl (C=O) groups is 1. The summed E-state index contributed by atoms with van der Waals surface area (Å²) in [6.45, 7) is 2.13. The molecule has 5 nitrogen and oxygen atoms in total. The Labute approximate surface area is 138 Å². The molecule has 0 unspecified atom stereocenters. The quantitative estimate of drug-likeness (QED) is 0.737. The SMILES string of the molecule is Cc1cccc(-c2noc(CN(C)C(=O)c3cccc(F)c3)n2)c1. The largest absolute Gasteiger partial charge is 0.337 e. The number of halogens is 1. The molecule has 0 aliphatic heterocycles. The molecule has 0 atom stereocenters. The Hall–Kier alpha value is -3.02. The van der Waals surface area contributed by atoms with Crippen LogP contribution in [0.15, 0.2) is 53.1 Å². The molecule has 0 saturated carbocycles. The van der Waals surface area contributed by atoms with Crippen LogP contribution < -0.4 is 0 Å². The van der Waals surface area contributed by atoms with Gasteiger partial charge in [0.05, 0.1) is 6.54 Å². The van der Waals surface area contributed by atoms with Crippen molar-refractivity contribution in [1.29, 1.82) is 0 Å². The van der Waals surface area contributed by atoms with E-state index in [0.29, 0.717) is 11.7 Å². The predicted molar refractivity (Wildman–Crippen MR) is 86.7 cm³/mol. The van der Waals surface area contributed by atoms with Crippen LogP contribution in [0.1, 0.15) is 21.8 Å². The number of hydrogen-bond donors (Lipinski definition) is 0. The van der Waals surface area contributed by atoms with E-state index in [-0.39, 0.29) is 18.0 Å². The van der Waals surface area contributed by atoms with E-state index in [9.17, 15) is 9.18 Å². The van der Waals surface area contributed by atoms with Crippen molar-refractivity contribution in [2.75, 3.05) is 7.05 Å². The summed E-state index contributed by atoms with van der Waals surface area (Å²) < 4.78 is 18.4. The first-order valence-corrected chi connectivity index (χ1v) is 7.43. The zero-order valence-corrected chi connectivity index (χ0v) is 13.4. The van der Waals surface area contributed by atoms with Crippen LogP contribution in [-0.4, -0.2) is 28.0 Å². The summed E-state index contributed by atoms with van der Waals surface area (Å²) in [6, 6.07) is 13.3. The Morgan fingerprint density at radius 2 is 2.00 bits per heavy atom. The molecule has 0 radical (unpaired) electrons. The van der Waals surface area contributed by atoms with Crippen LogP contribution in [0.5, 0.6) is 0 Å². The third-order valence-corrected chi connectivity index (χ3v) is 3.54. The summed E-state index contributed by atoms with van der Waals surface area (Å²) in [5.41, 5.74) is 2.22. The number of benzene rings is 2. The van der Waals surface area contributed by atoms with Crippen molar-refractivity contribution in [2.45, 2.75) is 13.5 Å². The fraction of sp³-hybridized carbons (Fsp3) is 0.167. The van der Waals surface area contributed by atoms with Gasteiger partial charge in [-0.25, -0.2) is 4.39 Å². The first-order valence-electron chi connectivity index (χ1n) is 7.43. The molecule has 3 rings (SSSR count). The van der Waals surface area contributed by atoms with Crippen LogP contribution >= 0.6 is 0 Å². The smallest absolute Gasteiger partial charge is 0.254 e. The average molecular weight is 325 g/mol. The van der Waals surface area contributed by atoms with Crippen LogP contribution in [0, 0.1) is 12.7 Å². The minimum Gasteiger partial charge on any atom is -0.337 e. The molecule has 122 valence electrons. The van der Waals surface area contributed by atoms with Crippen LogP contribution in [0.25, 0.3) is 11.4 Å². The Bertz CT molecular complexity index is 876. The summed E-state index contributed by atoms with van der Waals surface area (Å²) in [6.07, 6.45) is 0. The lowest BCUT2D eigenvalue weighted by Crippen LogP contribution is -2.26. The van der Waals surface area contributed by atoms with Crippen molar-refractivity contribution in [1.82, 2.24) is 15.0 Å².